The molecule has 0 amide bonds. The van der Waals surface area contributed by atoms with Gasteiger partial charge in [-0.3, -0.25) is 9.78 Å². The van der Waals surface area contributed by atoms with E-state index in [0.717, 1.165) is 5.56 Å². The molecule has 108 valence electrons. The Labute approximate surface area is 126 Å². The van der Waals surface area contributed by atoms with E-state index in [1.165, 1.54) is 22.2 Å². The summed E-state index contributed by atoms with van der Waals surface area (Å²) in [6.45, 7) is 0. The van der Waals surface area contributed by atoms with Crippen molar-refractivity contribution in [3.8, 4) is 11.4 Å². The zero-order chi connectivity index (χ0) is 14.9. The summed E-state index contributed by atoms with van der Waals surface area (Å²) in [6, 6.07) is 3.59. The predicted molar refractivity (Wildman–Crippen MR) is 80.1 cm³/mol. The average Bonchev–Trinajstić information content (AvgIpc) is 3.25. The van der Waals surface area contributed by atoms with Crippen LogP contribution in [0.15, 0.2) is 35.6 Å². The maximum Gasteiger partial charge on any atom is 0.292 e. The third kappa shape index (κ3) is 2.11. The van der Waals surface area contributed by atoms with Crippen molar-refractivity contribution in [2.75, 3.05) is 5.32 Å². The Hall–Kier alpha value is -3.14. The van der Waals surface area contributed by atoms with Crippen molar-refractivity contribution >= 4 is 28.4 Å². The van der Waals surface area contributed by atoms with Gasteiger partial charge in [-0.25, -0.2) is 5.10 Å². The Kier molecular flexibility index (Phi) is 2.86. The molecule has 2 N–H and O–H groups in total. The fraction of sp³-hybridized carbons (Fsp3) is 0. The molecule has 0 radical (unpaired) electrons. The molecular formula is C12H8N8OS. The van der Waals surface area contributed by atoms with Gasteiger partial charge in [-0.15, -0.1) is 5.10 Å². The third-order valence-corrected chi connectivity index (χ3v) is 3.83. The highest BCUT2D eigenvalue weighted by Crippen LogP contribution is 2.14. The van der Waals surface area contributed by atoms with Gasteiger partial charge in [-0.05, 0) is 12.1 Å². The highest BCUT2D eigenvalue weighted by Gasteiger charge is 2.11. The van der Waals surface area contributed by atoms with E-state index in [-0.39, 0.29) is 5.56 Å². The van der Waals surface area contributed by atoms with Crippen LogP contribution in [0.4, 0.5) is 5.95 Å². The number of anilines is 1. The maximum absolute atomic E-state index is 12.3. The molecule has 0 saturated carbocycles. The van der Waals surface area contributed by atoms with E-state index in [1.54, 1.807) is 30.7 Å². The number of nitrogens with zero attached hydrogens (tertiary/aromatic N) is 6. The molecule has 0 saturated heterocycles. The van der Waals surface area contributed by atoms with Gasteiger partial charge in [0.05, 0.1) is 0 Å². The van der Waals surface area contributed by atoms with Crippen LogP contribution in [0.5, 0.6) is 0 Å². The van der Waals surface area contributed by atoms with Crippen molar-refractivity contribution < 1.29 is 0 Å². The summed E-state index contributed by atoms with van der Waals surface area (Å²) in [7, 11) is 0. The monoisotopic (exact) mass is 312 g/mol. The molecule has 0 fully saturated rings. The predicted octanol–water partition coefficient (Wildman–Crippen LogP) is -0.0999. The van der Waals surface area contributed by atoms with Crippen molar-refractivity contribution in [3.05, 3.63) is 45.7 Å². The summed E-state index contributed by atoms with van der Waals surface area (Å²) < 4.78 is 1.77. The number of H-pyrrole nitrogens is 1. The first kappa shape index (κ1) is 12.6. The normalized spacial score (nSPS) is 12.1. The van der Waals surface area contributed by atoms with E-state index >= 15 is 0 Å². The second kappa shape index (κ2) is 5.00. The molecule has 0 aromatic carbocycles. The van der Waals surface area contributed by atoms with Crippen molar-refractivity contribution in [1.29, 1.82) is 0 Å². The van der Waals surface area contributed by atoms with Gasteiger partial charge in [0.15, 0.2) is 5.82 Å². The minimum atomic E-state index is -0.236. The zero-order valence-electron chi connectivity index (χ0n) is 11.0. The first-order valence-corrected chi connectivity index (χ1v) is 7.05. The topological polar surface area (TPSA) is 114 Å². The second-order valence-electron chi connectivity index (χ2n) is 4.26. The maximum atomic E-state index is 12.3. The van der Waals surface area contributed by atoms with Crippen LogP contribution in [0.25, 0.3) is 22.5 Å². The zero-order valence-corrected chi connectivity index (χ0v) is 11.8. The summed E-state index contributed by atoms with van der Waals surface area (Å²) in [5.41, 5.74) is 0.579. The van der Waals surface area contributed by atoms with E-state index in [9.17, 15) is 4.79 Å². The summed E-state index contributed by atoms with van der Waals surface area (Å²) in [6.07, 6.45) is 6.24. The summed E-state index contributed by atoms with van der Waals surface area (Å²) >= 11 is 1.24. The lowest BCUT2D eigenvalue weighted by molar-refractivity contribution is 0.936. The Balaban J connectivity index is 1.75. The van der Waals surface area contributed by atoms with Crippen LogP contribution in [0.2, 0.25) is 0 Å². The first-order chi connectivity index (χ1) is 10.8. The van der Waals surface area contributed by atoms with Gasteiger partial charge in [0.1, 0.15) is 10.9 Å². The summed E-state index contributed by atoms with van der Waals surface area (Å²) in [4.78, 5) is 25.0. The van der Waals surface area contributed by atoms with E-state index < -0.39 is 0 Å². The number of rotatable bonds is 3. The lowest BCUT2D eigenvalue weighted by atomic mass is 10.3. The molecule has 4 heterocycles. The number of hydrogen-bond acceptors (Lipinski definition) is 8. The number of aromatic amines is 1. The molecule has 0 bridgehead atoms. The number of pyridine rings is 1. The van der Waals surface area contributed by atoms with Gasteiger partial charge in [0, 0.05) is 24.2 Å². The molecule has 4 aromatic rings. The van der Waals surface area contributed by atoms with Crippen LogP contribution in [-0.2, 0) is 0 Å². The van der Waals surface area contributed by atoms with Crippen LogP contribution in [0.3, 0.4) is 0 Å². The fourth-order valence-electron chi connectivity index (χ4n) is 1.87. The molecular weight excluding hydrogens is 304 g/mol. The Bertz CT molecular complexity index is 1020. The lowest BCUT2D eigenvalue weighted by Crippen LogP contribution is -2.24. The minimum Gasteiger partial charge on any atom is -0.330 e. The van der Waals surface area contributed by atoms with E-state index in [2.05, 4.69) is 35.6 Å². The Morgan fingerprint density at radius 3 is 2.91 bits per heavy atom. The molecule has 22 heavy (non-hydrogen) atoms. The Morgan fingerprint density at radius 1 is 1.32 bits per heavy atom. The number of nitrogens with one attached hydrogen (secondary N) is 2. The summed E-state index contributed by atoms with van der Waals surface area (Å²) in [5, 5.41) is 13.4. The van der Waals surface area contributed by atoms with Crippen LogP contribution < -0.4 is 15.4 Å². The molecule has 4 rings (SSSR count). The van der Waals surface area contributed by atoms with E-state index in [4.69, 9.17) is 0 Å². The van der Waals surface area contributed by atoms with E-state index in [1.807, 2.05) is 0 Å². The molecule has 9 nitrogen and oxygen atoms in total. The van der Waals surface area contributed by atoms with Crippen molar-refractivity contribution in [2.45, 2.75) is 0 Å². The SMILES string of the molecule is O=c1/c(=C/Nc2ncn[nH]2)sc2nc(-c3ccncc3)nn12. The van der Waals surface area contributed by atoms with Crippen LogP contribution in [0, 0.1) is 0 Å². The molecule has 0 aliphatic heterocycles. The third-order valence-electron chi connectivity index (χ3n) is 2.88. The van der Waals surface area contributed by atoms with Gasteiger partial charge < -0.3 is 5.32 Å². The second-order valence-corrected chi connectivity index (χ2v) is 5.27. The van der Waals surface area contributed by atoms with Crippen molar-refractivity contribution in [3.63, 3.8) is 0 Å². The molecule has 0 spiro atoms. The molecule has 0 aliphatic carbocycles. The number of hydrogen-bond donors (Lipinski definition) is 2. The largest absolute Gasteiger partial charge is 0.330 e. The molecule has 0 unspecified atom stereocenters. The highest BCUT2D eigenvalue weighted by atomic mass is 32.1. The van der Waals surface area contributed by atoms with Gasteiger partial charge >= 0.3 is 0 Å². The average molecular weight is 312 g/mol. The first-order valence-electron chi connectivity index (χ1n) is 6.23. The van der Waals surface area contributed by atoms with Gasteiger partial charge in [0.25, 0.3) is 5.56 Å². The van der Waals surface area contributed by atoms with Gasteiger partial charge in [0.2, 0.25) is 10.9 Å². The lowest BCUT2D eigenvalue weighted by Gasteiger charge is -1.91. The van der Waals surface area contributed by atoms with Crippen LogP contribution in [-0.4, -0.2) is 34.8 Å². The highest BCUT2D eigenvalue weighted by molar-refractivity contribution is 7.15. The fourth-order valence-corrected chi connectivity index (χ4v) is 2.70. The molecule has 10 heteroatoms. The van der Waals surface area contributed by atoms with E-state index in [0.29, 0.717) is 21.3 Å². The standard InChI is InChI=1S/C12H8N8OS/c21-10-8(5-14-11-15-6-16-18-11)22-12-17-9(19-20(10)12)7-1-3-13-4-2-7/h1-6H,(H2,14,15,16,18)/b8-5-. The van der Waals surface area contributed by atoms with Gasteiger partial charge in [-0.2, -0.15) is 19.6 Å². The Morgan fingerprint density at radius 2 is 2.18 bits per heavy atom. The molecule has 4 aromatic heterocycles. The smallest absolute Gasteiger partial charge is 0.292 e. The quantitative estimate of drug-likeness (QED) is 0.543. The van der Waals surface area contributed by atoms with Crippen LogP contribution >= 0.6 is 11.3 Å². The summed E-state index contributed by atoms with van der Waals surface area (Å²) in [5.74, 6) is 0.955. The number of aromatic nitrogens is 7. The molecule has 0 aliphatic rings. The van der Waals surface area contributed by atoms with Crippen molar-refractivity contribution in [2.24, 2.45) is 0 Å². The minimum absolute atomic E-state index is 0.236. The van der Waals surface area contributed by atoms with Gasteiger partial charge in [-0.1, -0.05) is 11.3 Å². The van der Waals surface area contributed by atoms with Crippen LogP contribution in [0.1, 0.15) is 0 Å². The number of fused-ring (bicyclic) bond motifs is 1. The number of thiazole rings is 1. The molecule has 0 atom stereocenters. The van der Waals surface area contributed by atoms with Crippen molar-refractivity contribution in [1.82, 2.24) is 34.8 Å².